The van der Waals surface area contributed by atoms with Crippen molar-refractivity contribution >= 4 is 23.1 Å². The molecular formula is C17H13FN2O3. The number of nitrogens with one attached hydrogen (secondary N) is 2. The van der Waals surface area contributed by atoms with Crippen molar-refractivity contribution in [1.29, 1.82) is 0 Å². The second kappa shape index (κ2) is 5.92. The third-order valence-electron chi connectivity index (χ3n) is 3.39. The topological polar surface area (TPSA) is 67.4 Å². The first-order valence-electron chi connectivity index (χ1n) is 6.85. The lowest BCUT2D eigenvalue weighted by Crippen LogP contribution is -2.26. The van der Waals surface area contributed by atoms with Gasteiger partial charge in [-0.3, -0.25) is 9.59 Å². The summed E-state index contributed by atoms with van der Waals surface area (Å²) in [6, 6.07) is 10.5. The Bertz CT molecular complexity index is 813. The molecule has 0 bridgehead atoms. The molecule has 0 atom stereocenters. The van der Waals surface area contributed by atoms with E-state index in [1.165, 1.54) is 31.4 Å². The van der Waals surface area contributed by atoms with Crippen LogP contribution in [-0.2, 0) is 4.79 Å². The minimum Gasteiger partial charge on any atom is -0.497 e. The van der Waals surface area contributed by atoms with Crippen LogP contribution in [0, 0.1) is 5.82 Å². The smallest absolute Gasteiger partial charge is 0.272 e. The number of hydrogen-bond acceptors (Lipinski definition) is 4. The van der Waals surface area contributed by atoms with Crippen LogP contribution in [-0.4, -0.2) is 18.8 Å². The summed E-state index contributed by atoms with van der Waals surface area (Å²) in [7, 11) is 1.54. The van der Waals surface area contributed by atoms with Gasteiger partial charge in [-0.15, -0.1) is 0 Å². The van der Waals surface area contributed by atoms with E-state index in [4.69, 9.17) is 4.74 Å². The highest BCUT2D eigenvalue weighted by molar-refractivity contribution is 6.16. The Labute approximate surface area is 131 Å². The molecule has 6 heteroatoms. The second-order valence-electron chi connectivity index (χ2n) is 4.92. The maximum atomic E-state index is 13.2. The second-order valence-corrected chi connectivity index (χ2v) is 4.92. The monoisotopic (exact) mass is 312 g/mol. The van der Waals surface area contributed by atoms with Crippen molar-refractivity contribution in [1.82, 2.24) is 0 Å². The van der Waals surface area contributed by atoms with E-state index < -0.39 is 11.7 Å². The molecule has 0 fully saturated rings. The minimum absolute atomic E-state index is 0.102. The first-order valence-corrected chi connectivity index (χ1v) is 6.85. The number of methoxy groups -OCH3 is 1. The summed E-state index contributed by atoms with van der Waals surface area (Å²) in [5.41, 5.74) is 1.39. The molecule has 3 rings (SSSR count). The third-order valence-corrected chi connectivity index (χ3v) is 3.39. The maximum absolute atomic E-state index is 13.2. The quantitative estimate of drug-likeness (QED) is 0.675. The largest absolute Gasteiger partial charge is 0.497 e. The molecule has 1 aliphatic rings. The summed E-state index contributed by atoms with van der Waals surface area (Å²) in [6.45, 7) is 0. The van der Waals surface area contributed by atoms with Crippen LogP contribution >= 0.6 is 0 Å². The number of hydrogen-bond donors (Lipinski definition) is 2. The number of rotatable bonds is 3. The van der Waals surface area contributed by atoms with Gasteiger partial charge in [0.25, 0.3) is 5.91 Å². The number of amides is 1. The van der Waals surface area contributed by atoms with Crippen molar-refractivity contribution in [3.63, 3.8) is 0 Å². The van der Waals surface area contributed by atoms with Gasteiger partial charge in [-0.25, -0.2) is 4.39 Å². The number of halogens is 1. The number of allylic oxidation sites excluding steroid dienone is 1. The van der Waals surface area contributed by atoms with Crippen LogP contribution in [0.5, 0.6) is 5.75 Å². The predicted molar refractivity (Wildman–Crippen MR) is 84.1 cm³/mol. The van der Waals surface area contributed by atoms with Crippen molar-refractivity contribution in [3.8, 4) is 5.75 Å². The molecule has 2 aromatic carbocycles. The van der Waals surface area contributed by atoms with Crippen LogP contribution < -0.4 is 15.4 Å². The number of carbonyl (C=O) groups excluding carboxylic acids is 2. The number of anilines is 2. The van der Waals surface area contributed by atoms with Crippen LogP contribution in [0.3, 0.4) is 0 Å². The molecule has 1 heterocycles. The Balaban J connectivity index is 1.85. The summed E-state index contributed by atoms with van der Waals surface area (Å²) >= 11 is 0. The van der Waals surface area contributed by atoms with E-state index in [1.807, 2.05) is 0 Å². The van der Waals surface area contributed by atoms with Gasteiger partial charge in [0.1, 0.15) is 17.3 Å². The number of carbonyl (C=O) groups is 2. The van der Waals surface area contributed by atoms with Crippen molar-refractivity contribution in [3.05, 3.63) is 65.6 Å². The highest BCUT2D eigenvalue weighted by Gasteiger charge is 2.21. The van der Waals surface area contributed by atoms with Gasteiger partial charge in [-0.2, -0.15) is 0 Å². The highest BCUT2D eigenvalue weighted by Crippen LogP contribution is 2.28. The molecule has 0 aromatic heterocycles. The standard InChI is InChI=1S/C17H13FN2O3/c1-23-12-5-2-10(3-6-12)16(21)9-15-17(22)20-14-8-11(18)4-7-13(14)19-15/h2-9,19H,1H3,(H,20,22). The lowest BCUT2D eigenvalue weighted by molar-refractivity contribution is -0.112. The van der Waals surface area contributed by atoms with Gasteiger partial charge in [-0.1, -0.05) is 0 Å². The summed E-state index contributed by atoms with van der Waals surface area (Å²) in [6.07, 6.45) is 1.21. The van der Waals surface area contributed by atoms with Gasteiger partial charge in [0.2, 0.25) is 0 Å². The fraction of sp³-hybridized carbons (Fsp3) is 0.0588. The zero-order valence-corrected chi connectivity index (χ0v) is 12.2. The Morgan fingerprint density at radius 1 is 1.09 bits per heavy atom. The van der Waals surface area contributed by atoms with Gasteiger partial charge in [0, 0.05) is 11.6 Å². The van der Waals surface area contributed by atoms with Crippen LogP contribution in [0.2, 0.25) is 0 Å². The number of ether oxygens (including phenoxy) is 1. The fourth-order valence-corrected chi connectivity index (χ4v) is 2.19. The molecule has 1 aliphatic heterocycles. The molecule has 5 nitrogen and oxygen atoms in total. The molecule has 0 saturated heterocycles. The molecule has 0 unspecified atom stereocenters. The summed E-state index contributed by atoms with van der Waals surface area (Å²) in [5, 5.41) is 5.38. The highest BCUT2D eigenvalue weighted by atomic mass is 19.1. The summed E-state index contributed by atoms with van der Waals surface area (Å²) in [5.74, 6) is -0.632. The first kappa shape index (κ1) is 14.8. The van der Waals surface area contributed by atoms with E-state index in [1.54, 1.807) is 24.3 Å². The maximum Gasteiger partial charge on any atom is 0.272 e. The number of ketones is 1. The SMILES string of the molecule is COc1ccc(C(=O)C=C2Nc3ccc(F)cc3NC2=O)cc1. The summed E-state index contributed by atoms with van der Waals surface area (Å²) in [4.78, 5) is 24.2. The van der Waals surface area contributed by atoms with E-state index in [0.29, 0.717) is 22.7 Å². The van der Waals surface area contributed by atoms with E-state index in [2.05, 4.69) is 10.6 Å². The van der Waals surface area contributed by atoms with Crippen molar-refractivity contribution in [2.75, 3.05) is 17.7 Å². The van der Waals surface area contributed by atoms with Gasteiger partial charge in [-0.05, 0) is 42.5 Å². The first-order chi connectivity index (χ1) is 11.1. The van der Waals surface area contributed by atoms with Gasteiger partial charge < -0.3 is 15.4 Å². The van der Waals surface area contributed by atoms with Crippen molar-refractivity contribution in [2.24, 2.45) is 0 Å². The van der Waals surface area contributed by atoms with E-state index in [0.717, 1.165) is 0 Å². The van der Waals surface area contributed by atoms with Gasteiger partial charge in [0.15, 0.2) is 5.78 Å². The molecule has 0 saturated carbocycles. The average Bonchev–Trinajstić information content (AvgIpc) is 2.55. The Kier molecular flexibility index (Phi) is 3.80. The Hall–Kier alpha value is -3.15. The van der Waals surface area contributed by atoms with Crippen LogP contribution in [0.25, 0.3) is 0 Å². The normalized spacial score (nSPS) is 14.7. The zero-order chi connectivity index (χ0) is 16.4. The van der Waals surface area contributed by atoms with Crippen molar-refractivity contribution < 1.29 is 18.7 Å². The van der Waals surface area contributed by atoms with Gasteiger partial charge >= 0.3 is 0 Å². The van der Waals surface area contributed by atoms with Crippen molar-refractivity contribution in [2.45, 2.75) is 0 Å². The Morgan fingerprint density at radius 2 is 1.83 bits per heavy atom. The van der Waals surface area contributed by atoms with Crippen LogP contribution in [0.15, 0.2) is 54.2 Å². The molecule has 0 spiro atoms. The van der Waals surface area contributed by atoms with E-state index in [9.17, 15) is 14.0 Å². The zero-order valence-electron chi connectivity index (χ0n) is 12.2. The molecule has 23 heavy (non-hydrogen) atoms. The molecule has 2 N–H and O–H groups in total. The Morgan fingerprint density at radius 3 is 2.52 bits per heavy atom. The third kappa shape index (κ3) is 3.06. The van der Waals surface area contributed by atoms with E-state index in [-0.39, 0.29) is 11.5 Å². The fourth-order valence-electron chi connectivity index (χ4n) is 2.19. The summed E-state index contributed by atoms with van der Waals surface area (Å²) < 4.78 is 18.2. The predicted octanol–water partition coefficient (Wildman–Crippen LogP) is 2.97. The van der Waals surface area contributed by atoms with Crippen LogP contribution in [0.1, 0.15) is 10.4 Å². The molecular weight excluding hydrogens is 299 g/mol. The lowest BCUT2D eigenvalue weighted by Gasteiger charge is -2.20. The molecule has 2 aromatic rings. The number of benzene rings is 2. The lowest BCUT2D eigenvalue weighted by atomic mass is 10.1. The molecule has 116 valence electrons. The van der Waals surface area contributed by atoms with Gasteiger partial charge in [0.05, 0.1) is 18.5 Å². The number of fused-ring (bicyclic) bond motifs is 1. The van der Waals surface area contributed by atoms with E-state index >= 15 is 0 Å². The molecule has 0 aliphatic carbocycles. The minimum atomic E-state index is -0.495. The molecule has 0 radical (unpaired) electrons. The average molecular weight is 312 g/mol. The molecule has 1 amide bonds. The van der Waals surface area contributed by atoms with Crippen LogP contribution in [0.4, 0.5) is 15.8 Å².